The summed E-state index contributed by atoms with van der Waals surface area (Å²) in [5.41, 5.74) is 0.579. The minimum Gasteiger partial charge on any atom is -0.385 e. The van der Waals surface area contributed by atoms with Crippen molar-refractivity contribution in [3.63, 3.8) is 0 Å². The smallest absolute Gasteiger partial charge is 0.0917 e. The fourth-order valence-corrected chi connectivity index (χ4v) is 6.69. The lowest BCUT2D eigenvalue weighted by molar-refractivity contribution is 0.00815. The number of benzene rings is 1. The van der Waals surface area contributed by atoms with Crippen molar-refractivity contribution in [1.29, 1.82) is 0 Å². The monoisotopic (exact) mass is 306 g/mol. The molecule has 2 aliphatic heterocycles. The van der Waals surface area contributed by atoms with Crippen molar-refractivity contribution in [3.05, 3.63) is 29.8 Å². The summed E-state index contributed by atoms with van der Waals surface area (Å²) in [6.45, 7) is 7.12. The molecule has 2 fully saturated rings. The highest BCUT2D eigenvalue weighted by molar-refractivity contribution is 8.00. The summed E-state index contributed by atoms with van der Waals surface area (Å²) in [6, 6.07) is 8.91. The molecule has 110 valence electrons. The summed E-state index contributed by atoms with van der Waals surface area (Å²) in [4.78, 5) is 0. The van der Waals surface area contributed by atoms with Gasteiger partial charge in [0.05, 0.1) is 13.7 Å². The number of rotatable bonds is 2. The van der Waals surface area contributed by atoms with E-state index in [0.717, 1.165) is 18.4 Å². The SMILES string of the molecule is C[Si](C)(C)c1ccc(C2(O)CC3CCCC(C2)S3)cc1. The Balaban J connectivity index is 1.84. The summed E-state index contributed by atoms with van der Waals surface area (Å²) in [7, 11) is -1.24. The molecule has 2 saturated heterocycles. The second-order valence-corrected chi connectivity index (χ2v) is 14.3. The fourth-order valence-electron chi connectivity index (χ4n) is 3.63. The van der Waals surface area contributed by atoms with Gasteiger partial charge in [-0.15, -0.1) is 0 Å². The van der Waals surface area contributed by atoms with E-state index in [1.54, 1.807) is 0 Å². The van der Waals surface area contributed by atoms with Crippen LogP contribution in [0.25, 0.3) is 0 Å². The third kappa shape index (κ3) is 2.86. The van der Waals surface area contributed by atoms with Crippen molar-refractivity contribution in [2.24, 2.45) is 0 Å². The molecule has 2 bridgehead atoms. The Morgan fingerprint density at radius 1 is 1.05 bits per heavy atom. The van der Waals surface area contributed by atoms with Gasteiger partial charge in [0.1, 0.15) is 0 Å². The van der Waals surface area contributed by atoms with Gasteiger partial charge in [0.25, 0.3) is 0 Å². The third-order valence-corrected chi connectivity index (χ3v) is 8.50. The molecule has 0 radical (unpaired) electrons. The van der Waals surface area contributed by atoms with Gasteiger partial charge in [-0.05, 0) is 31.2 Å². The molecule has 1 N–H and O–H groups in total. The molecule has 3 rings (SSSR count). The van der Waals surface area contributed by atoms with Gasteiger partial charge in [0.2, 0.25) is 0 Å². The zero-order chi connectivity index (χ0) is 14.4. The maximum atomic E-state index is 11.1. The topological polar surface area (TPSA) is 20.2 Å². The van der Waals surface area contributed by atoms with Crippen LogP contribution < -0.4 is 5.19 Å². The van der Waals surface area contributed by atoms with Gasteiger partial charge in [-0.1, -0.05) is 55.5 Å². The largest absolute Gasteiger partial charge is 0.385 e. The molecule has 0 spiro atoms. The fraction of sp³-hybridized carbons (Fsp3) is 0.647. The van der Waals surface area contributed by atoms with E-state index >= 15 is 0 Å². The number of fused-ring (bicyclic) bond motifs is 2. The van der Waals surface area contributed by atoms with Gasteiger partial charge >= 0.3 is 0 Å². The van der Waals surface area contributed by atoms with E-state index in [1.165, 1.54) is 24.4 Å². The van der Waals surface area contributed by atoms with Gasteiger partial charge < -0.3 is 5.11 Å². The second-order valence-electron chi connectivity index (χ2n) is 7.58. The van der Waals surface area contributed by atoms with Gasteiger partial charge in [0, 0.05) is 10.5 Å². The highest BCUT2D eigenvalue weighted by Gasteiger charge is 2.42. The molecule has 2 unspecified atom stereocenters. The van der Waals surface area contributed by atoms with Crippen LogP contribution in [-0.4, -0.2) is 23.7 Å². The predicted molar refractivity (Wildman–Crippen MR) is 91.6 cm³/mol. The summed E-state index contributed by atoms with van der Waals surface area (Å²) < 4.78 is 0. The summed E-state index contributed by atoms with van der Waals surface area (Å²) in [5, 5.41) is 14.0. The summed E-state index contributed by atoms with van der Waals surface area (Å²) in [5.74, 6) is 0. The van der Waals surface area contributed by atoms with E-state index < -0.39 is 13.7 Å². The van der Waals surface area contributed by atoms with E-state index in [2.05, 4.69) is 55.7 Å². The normalized spacial score (nSPS) is 34.0. The van der Waals surface area contributed by atoms with Crippen LogP contribution in [0.5, 0.6) is 0 Å². The Hall–Kier alpha value is -0.253. The molecule has 3 heteroatoms. The Morgan fingerprint density at radius 3 is 2.10 bits per heavy atom. The molecule has 1 aromatic carbocycles. The molecular formula is C17H26OSSi. The van der Waals surface area contributed by atoms with Crippen molar-refractivity contribution >= 4 is 25.0 Å². The molecular weight excluding hydrogens is 280 g/mol. The lowest BCUT2D eigenvalue weighted by Gasteiger charge is -2.44. The Morgan fingerprint density at radius 2 is 1.60 bits per heavy atom. The number of hydrogen-bond acceptors (Lipinski definition) is 2. The molecule has 2 aliphatic rings. The molecule has 0 aromatic heterocycles. The first-order valence-electron chi connectivity index (χ1n) is 7.86. The maximum absolute atomic E-state index is 11.1. The van der Waals surface area contributed by atoms with Crippen LogP contribution in [0.15, 0.2) is 24.3 Å². The minimum absolute atomic E-state index is 0.570. The van der Waals surface area contributed by atoms with Gasteiger partial charge in [-0.2, -0.15) is 11.8 Å². The Labute approximate surface area is 128 Å². The number of hydrogen-bond donors (Lipinski definition) is 1. The van der Waals surface area contributed by atoms with Crippen molar-refractivity contribution in [2.75, 3.05) is 0 Å². The highest BCUT2D eigenvalue weighted by Crippen LogP contribution is 2.49. The quantitative estimate of drug-likeness (QED) is 0.837. The van der Waals surface area contributed by atoms with Gasteiger partial charge in [-0.25, -0.2) is 0 Å². The van der Waals surface area contributed by atoms with Crippen molar-refractivity contribution < 1.29 is 5.11 Å². The molecule has 1 aromatic rings. The minimum atomic E-state index is -1.24. The first-order chi connectivity index (χ1) is 9.37. The molecule has 0 saturated carbocycles. The van der Waals surface area contributed by atoms with Crippen LogP contribution in [0.2, 0.25) is 19.6 Å². The van der Waals surface area contributed by atoms with Crippen LogP contribution in [-0.2, 0) is 5.60 Å². The van der Waals surface area contributed by atoms with Crippen LogP contribution in [0.1, 0.15) is 37.7 Å². The number of thioether (sulfide) groups is 1. The highest BCUT2D eigenvalue weighted by atomic mass is 32.2. The van der Waals surface area contributed by atoms with Gasteiger partial charge in [-0.3, -0.25) is 0 Å². The van der Waals surface area contributed by atoms with E-state index in [9.17, 15) is 5.11 Å². The molecule has 2 atom stereocenters. The maximum Gasteiger partial charge on any atom is 0.0917 e. The van der Waals surface area contributed by atoms with Crippen molar-refractivity contribution in [2.45, 2.75) is 67.8 Å². The molecule has 2 heterocycles. The van der Waals surface area contributed by atoms with E-state index in [-0.39, 0.29) is 0 Å². The zero-order valence-electron chi connectivity index (χ0n) is 12.9. The lowest BCUT2D eigenvalue weighted by atomic mass is 9.80. The predicted octanol–water partition coefficient (Wildman–Crippen LogP) is 3.87. The Bertz CT molecular complexity index is 465. The van der Waals surface area contributed by atoms with Crippen LogP contribution in [0.4, 0.5) is 0 Å². The van der Waals surface area contributed by atoms with Crippen LogP contribution in [0, 0.1) is 0 Å². The lowest BCUT2D eigenvalue weighted by Crippen LogP contribution is -2.41. The van der Waals surface area contributed by atoms with Crippen molar-refractivity contribution in [3.8, 4) is 0 Å². The first-order valence-corrected chi connectivity index (χ1v) is 12.3. The third-order valence-electron chi connectivity index (χ3n) is 4.86. The average molecular weight is 307 g/mol. The van der Waals surface area contributed by atoms with Gasteiger partial charge in [0.15, 0.2) is 0 Å². The van der Waals surface area contributed by atoms with Crippen LogP contribution >= 0.6 is 11.8 Å². The molecule has 0 aliphatic carbocycles. The van der Waals surface area contributed by atoms with Crippen molar-refractivity contribution in [1.82, 2.24) is 0 Å². The number of aliphatic hydroxyl groups is 1. The molecule has 20 heavy (non-hydrogen) atoms. The Kier molecular flexibility index (Phi) is 3.80. The molecule has 1 nitrogen and oxygen atoms in total. The molecule has 0 amide bonds. The van der Waals surface area contributed by atoms with E-state index in [4.69, 9.17) is 0 Å². The second kappa shape index (κ2) is 5.18. The average Bonchev–Trinajstić information content (AvgIpc) is 2.37. The first kappa shape index (κ1) is 14.7. The zero-order valence-corrected chi connectivity index (χ0v) is 14.7. The summed E-state index contributed by atoms with van der Waals surface area (Å²) in [6.07, 6.45) is 5.82. The van der Waals surface area contributed by atoms with Crippen LogP contribution in [0.3, 0.4) is 0 Å². The standard InChI is InChI=1S/C17H26OSSi/c1-20(2,3)16-9-7-13(8-10-16)17(18)11-14-5-4-6-15(12-17)19-14/h7-10,14-15,18H,4-6,11-12H2,1-3H3. The van der Waals surface area contributed by atoms with E-state index in [0.29, 0.717) is 10.5 Å². The summed E-state index contributed by atoms with van der Waals surface area (Å²) >= 11 is 2.12. The van der Waals surface area contributed by atoms with E-state index in [1.807, 2.05) is 0 Å².